The Morgan fingerprint density at radius 3 is 2.35 bits per heavy atom. The van der Waals surface area contributed by atoms with Gasteiger partial charge in [0.05, 0.1) is 12.5 Å². The average Bonchev–Trinajstić information content (AvgIpc) is 2.37. The predicted molar refractivity (Wildman–Crippen MR) is 82.9 cm³/mol. The molecule has 0 saturated carbocycles. The molecule has 1 aromatic rings. The Labute approximate surface area is 121 Å². The van der Waals surface area contributed by atoms with Gasteiger partial charge in [0.15, 0.2) is 0 Å². The standard InChI is InChI=1S/C16H26N2O2/c1-5-20-14-8-6-13(7-9-14)18-15(19)12(11-17)10-16(2,3)4/h6-9,12H,5,10-11,17H2,1-4H3,(H,18,19). The van der Waals surface area contributed by atoms with E-state index in [4.69, 9.17) is 10.5 Å². The fourth-order valence-corrected chi connectivity index (χ4v) is 2.07. The summed E-state index contributed by atoms with van der Waals surface area (Å²) in [5.74, 6) is 0.615. The summed E-state index contributed by atoms with van der Waals surface area (Å²) < 4.78 is 5.37. The summed E-state index contributed by atoms with van der Waals surface area (Å²) in [6.45, 7) is 9.26. The third kappa shape index (κ3) is 5.61. The Bertz CT molecular complexity index is 421. The molecule has 4 heteroatoms. The molecule has 0 spiro atoms. The van der Waals surface area contributed by atoms with Gasteiger partial charge in [-0.2, -0.15) is 0 Å². The molecule has 0 aromatic heterocycles. The molecule has 0 heterocycles. The first-order chi connectivity index (χ1) is 9.35. The van der Waals surface area contributed by atoms with Gasteiger partial charge in [-0.25, -0.2) is 0 Å². The number of amides is 1. The van der Waals surface area contributed by atoms with E-state index in [1.807, 2.05) is 31.2 Å². The van der Waals surface area contributed by atoms with Gasteiger partial charge in [0.1, 0.15) is 5.75 Å². The Hall–Kier alpha value is -1.55. The van der Waals surface area contributed by atoms with Crippen LogP contribution < -0.4 is 15.8 Å². The third-order valence-corrected chi connectivity index (χ3v) is 2.95. The van der Waals surface area contributed by atoms with Crippen molar-refractivity contribution in [2.24, 2.45) is 17.1 Å². The lowest BCUT2D eigenvalue weighted by atomic mass is 9.84. The zero-order valence-electron chi connectivity index (χ0n) is 12.9. The Kier molecular flexibility index (Phi) is 6.02. The summed E-state index contributed by atoms with van der Waals surface area (Å²) in [5.41, 5.74) is 6.57. The largest absolute Gasteiger partial charge is 0.494 e. The molecule has 3 N–H and O–H groups in total. The fourth-order valence-electron chi connectivity index (χ4n) is 2.07. The van der Waals surface area contributed by atoms with Crippen LogP contribution in [-0.2, 0) is 4.79 Å². The van der Waals surface area contributed by atoms with Crippen molar-refractivity contribution in [2.75, 3.05) is 18.5 Å². The first kappa shape index (κ1) is 16.5. The first-order valence-corrected chi connectivity index (χ1v) is 7.09. The van der Waals surface area contributed by atoms with Gasteiger partial charge in [0.25, 0.3) is 0 Å². The Morgan fingerprint density at radius 2 is 1.90 bits per heavy atom. The van der Waals surface area contributed by atoms with E-state index in [2.05, 4.69) is 26.1 Å². The van der Waals surface area contributed by atoms with Gasteiger partial charge in [-0.05, 0) is 43.0 Å². The molecule has 4 nitrogen and oxygen atoms in total. The number of ether oxygens (including phenoxy) is 1. The number of nitrogens with one attached hydrogen (secondary N) is 1. The van der Waals surface area contributed by atoms with Crippen molar-refractivity contribution < 1.29 is 9.53 Å². The van der Waals surface area contributed by atoms with Gasteiger partial charge in [-0.3, -0.25) is 4.79 Å². The maximum Gasteiger partial charge on any atom is 0.228 e. The molecular formula is C16H26N2O2. The number of carbonyl (C=O) groups is 1. The number of hydrogen-bond acceptors (Lipinski definition) is 3. The highest BCUT2D eigenvalue weighted by Gasteiger charge is 2.23. The van der Waals surface area contributed by atoms with Crippen LogP contribution in [0.5, 0.6) is 5.75 Å². The highest BCUT2D eigenvalue weighted by atomic mass is 16.5. The summed E-state index contributed by atoms with van der Waals surface area (Å²) in [7, 11) is 0. The van der Waals surface area contributed by atoms with Gasteiger partial charge < -0.3 is 15.8 Å². The monoisotopic (exact) mass is 278 g/mol. The van der Waals surface area contributed by atoms with E-state index >= 15 is 0 Å². The van der Waals surface area contributed by atoms with Gasteiger partial charge >= 0.3 is 0 Å². The minimum atomic E-state index is -0.165. The molecule has 1 unspecified atom stereocenters. The average molecular weight is 278 g/mol. The number of rotatable bonds is 6. The summed E-state index contributed by atoms with van der Waals surface area (Å²) in [5, 5.41) is 2.91. The Balaban J connectivity index is 2.64. The van der Waals surface area contributed by atoms with Crippen LogP contribution in [0.2, 0.25) is 0 Å². The van der Waals surface area contributed by atoms with E-state index in [0.29, 0.717) is 13.2 Å². The topological polar surface area (TPSA) is 64.3 Å². The molecule has 1 atom stereocenters. The van der Waals surface area contributed by atoms with Crippen molar-refractivity contribution in [1.29, 1.82) is 0 Å². The summed E-state index contributed by atoms with van der Waals surface area (Å²) in [6, 6.07) is 7.38. The maximum absolute atomic E-state index is 12.2. The molecule has 0 saturated heterocycles. The van der Waals surface area contributed by atoms with E-state index in [9.17, 15) is 4.79 Å². The fraction of sp³-hybridized carbons (Fsp3) is 0.562. The lowest BCUT2D eigenvalue weighted by Crippen LogP contribution is -2.32. The molecule has 0 aliphatic rings. The molecule has 1 amide bonds. The lowest BCUT2D eigenvalue weighted by molar-refractivity contribution is -0.120. The summed E-state index contributed by atoms with van der Waals surface area (Å²) in [6.07, 6.45) is 0.770. The zero-order valence-corrected chi connectivity index (χ0v) is 12.9. The second-order valence-corrected chi connectivity index (χ2v) is 6.14. The molecule has 112 valence electrons. The van der Waals surface area contributed by atoms with Crippen molar-refractivity contribution in [3.63, 3.8) is 0 Å². The van der Waals surface area contributed by atoms with Crippen molar-refractivity contribution in [3.8, 4) is 5.75 Å². The van der Waals surface area contributed by atoms with Crippen LogP contribution >= 0.6 is 0 Å². The van der Waals surface area contributed by atoms with E-state index < -0.39 is 0 Å². The minimum absolute atomic E-state index is 0.0217. The molecule has 0 fully saturated rings. The molecule has 0 aliphatic heterocycles. The Morgan fingerprint density at radius 1 is 1.30 bits per heavy atom. The van der Waals surface area contributed by atoms with Crippen LogP contribution in [0.3, 0.4) is 0 Å². The number of anilines is 1. The summed E-state index contributed by atoms with van der Waals surface area (Å²) in [4.78, 5) is 12.2. The first-order valence-electron chi connectivity index (χ1n) is 7.09. The van der Waals surface area contributed by atoms with Gasteiger partial charge in [-0.15, -0.1) is 0 Å². The maximum atomic E-state index is 12.2. The number of hydrogen-bond donors (Lipinski definition) is 2. The second-order valence-electron chi connectivity index (χ2n) is 6.14. The molecule has 20 heavy (non-hydrogen) atoms. The molecule has 0 aliphatic carbocycles. The van der Waals surface area contributed by atoms with Crippen molar-refractivity contribution in [3.05, 3.63) is 24.3 Å². The van der Waals surface area contributed by atoms with Crippen LogP contribution in [-0.4, -0.2) is 19.1 Å². The molecule has 0 radical (unpaired) electrons. The molecular weight excluding hydrogens is 252 g/mol. The van der Waals surface area contributed by atoms with Crippen LogP contribution in [0.1, 0.15) is 34.1 Å². The molecule has 0 bridgehead atoms. The van der Waals surface area contributed by atoms with Gasteiger partial charge in [-0.1, -0.05) is 20.8 Å². The highest BCUT2D eigenvalue weighted by molar-refractivity contribution is 5.92. The van der Waals surface area contributed by atoms with Crippen molar-refractivity contribution in [1.82, 2.24) is 0 Å². The quantitative estimate of drug-likeness (QED) is 0.840. The third-order valence-electron chi connectivity index (χ3n) is 2.95. The SMILES string of the molecule is CCOc1ccc(NC(=O)C(CN)CC(C)(C)C)cc1. The number of nitrogens with two attached hydrogens (primary N) is 1. The smallest absolute Gasteiger partial charge is 0.228 e. The van der Waals surface area contributed by atoms with E-state index in [-0.39, 0.29) is 17.2 Å². The van der Waals surface area contributed by atoms with Crippen LogP contribution in [0.4, 0.5) is 5.69 Å². The number of carbonyl (C=O) groups excluding carboxylic acids is 1. The normalized spacial score (nSPS) is 12.8. The van der Waals surface area contributed by atoms with E-state index in [0.717, 1.165) is 17.9 Å². The van der Waals surface area contributed by atoms with E-state index in [1.54, 1.807) is 0 Å². The minimum Gasteiger partial charge on any atom is -0.494 e. The van der Waals surface area contributed by atoms with Crippen LogP contribution in [0.25, 0.3) is 0 Å². The highest BCUT2D eigenvalue weighted by Crippen LogP contribution is 2.25. The number of benzene rings is 1. The second kappa shape index (κ2) is 7.29. The predicted octanol–water partition coefficient (Wildman–Crippen LogP) is 3.03. The molecule has 1 aromatic carbocycles. The van der Waals surface area contributed by atoms with Crippen LogP contribution in [0, 0.1) is 11.3 Å². The molecule has 1 rings (SSSR count). The summed E-state index contributed by atoms with van der Waals surface area (Å²) >= 11 is 0. The van der Waals surface area contributed by atoms with Crippen molar-refractivity contribution >= 4 is 11.6 Å². The van der Waals surface area contributed by atoms with Gasteiger partial charge in [0.2, 0.25) is 5.91 Å². The van der Waals surface area contributed by atoms with Gasteiger partial charge in [0, 0.05) is 12.2 Å². The lowest BCUT2D eigenvalue weighted by Gasteiger charge is -2.24. The van der Waals surface area contributed by atoms with Crippen molar-refractivity contribution in [2.45, 2.75) is 34.1 Å². The van der Waals surface area contributed by atoms with E-state index in [1.165, 1.54) is 0 Å². The zero-order chi connectivity index (χ0) is 15.2. The van der Waals surface area contributed by atoms with Crippen LogP contribution in [0.15, 0.2) is 24.3 Å².